The van der Waals surface area contributed by atoms with Gasteiger partial charge in [0.25, 0.3) is 0 Å². The maximum atomic E-state index is 13.5. The van der Waals surface area contributed by atoms with Gasteiger partial charge in [-0.2, -0.15) is 0 Å². The number of para-hydroxylation sites is 1. The molecule has 1 aromatic heterocycles. The van der Waals surface area contributed by atoms with Crippen molar-refractivity contribution in [2.45, 2.75) is 25.1 Å². The van der Waals surface area contributed by atoms with Crippen LogP contribution in [0.5, 0.6) is 11.5 Å². The van der Waals surface area contributed by atoms with Crippen molar-refractivity contribution in [1.82, 2.24) is 9.88 Å². The molecular formula is C28H23ClN2O5. The number of alkyl halides is 1. The number of fused-ring (bicyclic) bond motifs is 4. The van der Waals surface area contributed by atoms with Crippen molar-refractivity contribution in [2.24, 2.45) is 0 Å². The van der Waals surface area contributed by atoms with Gasteiger partial charge in [0.05, 0.1) is 6.04 Å². The first kappa shape index (κ1) is 22.5. The molecule has 2 aliphatic heterocycles. The summed E-state index contributed by atoms with van der Waals surface area (Å²) in [6.07, 6.45) is 0.316. The van der Waals surface area contributed by atoms with Crippen molar-refractivity contribution in [3.05, 3.63) is 95.2 Å². The van der Waals surface area contributed by atoms with Crippen LogP contribution in [0, 0.1) is 0 Å². The molecule has 7 nitrogen and oxygen atoms in total. The Morgan fingerprint density at radius 2 is 1.78 bits per heavy atom. The number of halogens is 1. The average Bonchev–Trinajstić information content (AvgIpc) is 3.54. The molecule has 0 saturated heterocycles. The van der Waals surface area contributed by atoms with E-state index in [1.807, 2.05) is 72.8 Å². The van der Waals surface area contributed by atoms with E-state index in [1.54, 1.807) is 4.90 Å². The lowest BCUT2D eigenvalue weighted by Crippen LogP contribution is -2.52. The van der Waals surface area contributed by atoms with Crippen LogP contribution in [0.2, 0.25) is 0 Å². The third-order valence-electron chi connectivity index (χ3n) is 6.74. The number of carbonyl (C=O) groups excluding carboxylic acids is 2. The SMILES string of the molecule is O=C(OCc1ccccc1)[C@H]1Cc2c([nH]c3ccccc23)[C@H](c2ccc3c(c2)OCO3)N1C(=O)CCl. The van der Waals surface area contributed by atoms with Crippen LogP contribution in [0.25, 0.3) is 10.9 Å². The molecule has 0 radical (unpaired) electrons. The van der Waals surface area contributed by atoms with E-state index in [1.165, 1.54) is 0 Å². The number of benzene rings is 3. The average molecular weight is 503 g/mol. The number of nitrogens with zero attached hydrogens (tertiary/aromatic N) is 1. The van der Waals surface area contributed by atoms with Gasteiger partial charge in [0.15, 0.2) is 11.5 Å². The number of amides is 1. The molecule has 0 aliphatic carbocycles. The monoisotopic (exact) mass is 502 g/mol. The topological polar surface area (TPSA) is 80.9 Å². The lowest BCUT2D eigenvalue weighted by molar-refractivity contribution is -0.157. The van der Waals surface area contributed by atoms with Crippen molar-refractivity contribution >= 4 is 34.4 Å². The number of aromatic amines is 1. The largest absolute Gasteiger partial charge is 0.459 e. The molecule has 3 heterocycles. The summed E-state index contributed by atoms with van der Waals surface area (Å²) < 4.78 is 16.8. The molecule has 0 saturated carbocycles. The number of rotatable bonds is 5. The van der Waals surface area contributed by atoms with Crippen LogP contribution in [0.4, 0.5) is 0 Å². The Labute approximate surface area is 212 Å². The van der Waals surface area contributed by atoms with E-state index < -0.39 is 18.1 Å². The molecule has 36 heavy (non-hydrogen) atoms. The fourth-order valence-corrected chi connectivity index (χ4v) is 5.24. The van der Waals surface area contributed by atoms with Crippen LogP contribution >= 0.6 is 11.6 Å². The summed E-state index contributed by atoms with van der Waals surface area (Å²) in [5.41, 5.74) is 4.42. The van der Waals surface area contributed by atoms with E-state index >= 15 is 0 Å². The summed E-state index contributed by atoms with van der Waals surface area (Å²) in [5, 5.41) is 1.01. The Balaban J connectivity index is 1.46. The zero-order valence-corrected chi connectivity index (χ0v) is 20.0. The van der Waals surface area contributed by atoms with Crippen LogP contribution < -0.4 is 9.47 Å². The zero-order chi connectivity index (χ0) is 24.6. The maximum Gasteiger partial charge on any atom is 0.329 e. The third-order valence-corrected chi connectivity index (χ3v) is 6.97. The molecule has 0 fully saturated rings. The molecule has 1 N–H and O–H groups in total. The van der Waals surface area contributed by atoms with Gasteiger partial charge in [0, 0.05) is 23.0 Å². The molecule has 2 atom stereocenters. The lowest BCUT2D eigenvalue weighted by Gasteiger charge is -2.41. The van der Waals surface area contributed by atoms with Crippen LogP contribution in [0.15, 0.2) is 72.8 Å². The molecule has 3 aromatic carbocycles. The maximum absolute atomic E-state index is 13.5. The zero-order valence-electron chi connectivity index (χ0n) is 19.3. The van der Waals surface area contributed by atoms with Gasteiger partial charge in [-0.15, -0.1) is 11.6 Å². The Bertz CT molecular complexity index is 1450. The molecule has 8 heteroatoms. The quantitative estimate of drug-likeness (QED) is 0.315. The normalized spacial score (nSPS) is 18.2. The number of H-pyrrole nitrogens is 1. The third kappa shape index (κ3) is 3.85. The highest BCUT2D eigenvalue weighted by atomic mass is 35.5. The van der Waals surface area contributed by atoms with Gasteiger partial charge in [-0.1, -0.05) is 54.6 Å². The number of hydrogen-bond donors (Lipinski definition) is 1. The number of aromatic nitrogens is 1. The summed E-state index contributed by atoms with van der Waals surface area (Å²) in [6, 6.07) is 21.5. The second-order valence-corrected chi connectivity index (χ2v) is 9.09. The Kier molecular flexibility index (Phi) is 5.77. The molecule has 6 rings (SSSR count). The van der Waals surface area contributed by atoms with Crippen LogP contribution in [-0.2, 0) is 27.4 Å². The second-order valence-electron chi connectivity index (χ2n) is 8.83. The highest BCUT2D eigenvalue weighted by Gasteiger charge is 2.44. The first-order valence-electron chi connectivity index (χ1n) is 11.7. The summed E-state index contributed by atoms with van der Waals surface area (Å²) in [6.45, 7) is 0.258. The van der Waals surface area contributed by atoms with Crippen molar-refractivity contribution in [1.29, 1.82) is 0 Å². The van der Waals surface area contributed by atoms with Gasteiger partial charge >= 0.3 is 5.97 Å². The lowest BCUT2D eigenvalue weighted by atomic mass is 9.87. The van der Waals surface area contributed by atoms with Crippen LogP contribution in [0.3, 0.4) is 0 Å². The van der Waals surface area contributed by atoms with Gasteiger partial charge in [-0.3, -0.25) is 4.79 Å². The Morgan fingerprint density at radius 3 is 2.61 bits per heavy atom. The molecule has 0 bridgehead atoms. The second kappa shape index (κ2) is 9.24. The van der Waals surface area contributed by atoms with Crippen LogP contribution in [-0.4, -0.2) is 40.5 Å². The first-order valence-corrected chi connectivity index (χ1v) is 12.2. The van der Waals surface area contributed by atoms with Gasteiger partial charge in [0.1, 0.15) is 18.5 Å². The first-order chi connectivity index (χ1) is 17.6. The minimum Gasteiger partial charge on any atom is -0.459 e. The number of nitrogens with one attached hydrogen (secondary N) is 1. The van der Waals surface area contributed by atoms with E-state index in [4.69, 9.17) is 25.8 Å². The Hall–Kier alpha value is -3.97. The molecule has 4 aromatic rings. The molecule has 0 unspecified atom stereocenters. The highest BCUT2D eigenvalue weighted by Crippen LogP contribution is 2.44. The molecule has 0 spiro atoms. The van der Waals surface area contributed by atoms with Crippen LogP contribution in [0.1, 0.15) is 28.4 Å². The molecule has 1 amide bonds. The smallest absolute Gasteiger partial charge is 0.329 e. The number of esters is 1. The molecule has 2 aliphatic rings. The van der Waals surface area contributed by atoms with E-state index in [0.29, 0.717) is 17.9 Å². The summed E-state index contributed by atoms with van der Waals surface area (Å²) in [5.74, 6) is 0.140. The predicted octanol–water partition coefficient (Wildman–Crippen LogP) is 4.72. The predicted molar refractivity (Wildman–Crippen MR) is 134 cm³/mol. The molecular weight excluding hydrogens is 480 g/mol. The minimum atomic E-state index is -0.845. The van der Waals surface area contributed by atoms with Crippen molar-refractivity contribution in [3.8, 4) is 11.5 Å². The van der Waals surface area contributed by atoms with E-state index in [0.717, 1.165) is 33.3 Å². The molecule has 182 valence electrons. The van der Waals surface area contributed by atoms with Gasteiger partial charge in [0.2, 0.25) is 12.7 Å². The fourth-order valence-electron chi connectivity index (χ4n) is 5.10. The summed E-state index contributed by atoms with van der Waals surface area (Å²) in [7, 11) is 0. The van der Waals surface area contributed by atoms with E-state index in [-0.39, 0.29) is 25.2 Å². The fraction of sp³-hybridized carbons (Fsp3) is 0.214. The Morgan fingerprint density at radius 1 is 1.00 bits per heavy atom. The van der Waals surface area contributed by atoms with Crippen molar-refractivity contribution in [3.63, 3.8) is 0 Å². The minimum absolute atomic E-state index is 0.120. The highest BCUT2D eigenvalue weighted by molar-refractivity contribution is 6.27. The number of carbonyl (C=O) groups is 2. The summed E-state index contributed by atoms with van der Waals surface area (Å²) in [4.78, 5) is 31.9. The van der Waals surface area contributed by atoms with Gasteiger partial charge in [-0.05, 0) is 34.9 Å². The van der Waals surface area contributed by atoms with Gasteiger partial charge < -0.3 is 24.1 Å². The summed E-state index contributed by atoms with van der Waals surface area (Å²) >= 11 is 6.08. The van der Waals surface area contributed by atoms with Gasteiger partial charge in [-0.25, -0.2) is 4.79 Å². The van der Waals surface area contributed by atoms with Crippen molar-refractivity contribution in [2.75, 3.05) is 12.7 Å². The van der Waals surface area contributed by atoms with E-state index in [9.17, 15) is 9.59 Å². The van der Waals surface area contributed by atoms with Crippen molar-refractivity contribution < 1.29 is 23.8 Å². The number of hydrogen-bond acceptors (Lipinski definition) is 5. The number of ether oxygens (including phenoxy) is 3. The standard InChI is InChI=1S/C28H23ClN2O5/c29-14-25(32)31-22(28(33)34-15-17-6-2-1-3-7-17)13-20-19-8-4-5-9-21(19)30-26(20)27(31)18-10-11-23-24(12-18)36-16-35-23/h1-12,22,27,30H,13-16H2/t22-,27+/m1/s1. The van der Waals surface area contributed by atoms with E-state index in [2.05, 4.69) is 4.98 Å².